The third-order valence-corrected chi connectivity index (χ3v) is 7.29. The second kappa shape index (κ2) is 8.10. The summed E-state index contributed by atoms with van der Waals surface area (Å²) in [5.74, 6) is -0.0568. The molecule has 1 amide bonds. The number of thioether (sulfide) groups is 1. The van der Waals surface area contributed by atoms with Gasteiger partial charge in [-0.3, -0.25) is 14.7 Å². The summed E-state index contributed by atoms with van der Waals surface area (Å²) in [5, 5.41) is 0.696. The number of anilines is 1. The highest BCUT2D eigenvalue weighted by atomic mass is 79.9. The van der Waals surface area contributed by atoms with Crippen molar-refractivity contribution in [2.45, 2.75) is 11.4 Å². The van der Waals surface area contributed by atoms with Crippen LogP contribution in [0.2, 0.25) is 0 Å². The fraction of sp³-hybridized carbons (Fsp3) is 0.105. The second-order valence-electron chi connectivity index (χ2n) is 5.69. The highest BCUT2D eigenvalue weighted by molar-refractivity contribution is 9.11. The minimum Gasteiger partial charge on any atom is -0.279 e. The van der Waals surface area contributed by atoms with Gasteiger partial charge in [-0.15, -0.1) is 23.1 Å². The molecule has 3 aromatic heterocycles. The van der Waals surface area contributed by atoms with Crippen molar-refractivity contribution in [1.29, 1.82) is 0 Å². The monoisotopic (exact) mass is 475 g/mol. The molecule has 0 atom stereocenters. The number of carbonyl (C=O) groups is 1. The van der Waals surface area contributed by atoms with Crippen LogP contribution in [0.5, 0.6) is 0 Å². The van der Waals surface area contributed by atoms with Crippen LogP contribution in [-0.4, -0.2) is 22.1 Å². The molecular formula is C19H14BrN3OS3. The summed E-state index contributed by atoms with van der Waals surface area (Å²) < 4.78 is 2.01. The molecular weight excluding hydrogens is 462 g/mol. The number of hydrogen-bond acceptors (Lipinski definition) is 6. The van der Waals surface area contributed by atoms with E-state index in [1.54, 1.807) is 29.1 Å². The standard InChI is InChI=1S/C19H14BrN3OS3/c1-25-13-4-5-14-16(9-13)27-19(22-14)23(11-12-3-2-8-21-10-12)18(24)15-6-7-17(20)26-15/h2-10H,11H2,1H3. The number of aromatic nitrogens is 2. The molecule has 0 bridgehead atoms. The smallest absolute Gasteiger partial charge is 0.270 e. The van der Waals surface area contributed by atoms with Crippen LogP contribution in [0.4, 0.5) is 5.13 Å². The minimum atomic E-state index is -0.0568. The Balaban J connectivity index is 1.75. The maximum atomic E-state index is 13.2. The Morgan fingerprint density at radius 1 is 1.22 bits per heavy atom. The molecule has 0 N–H and O–H groups in total. The van der Waals surface area contributed by atoms with E-state index in [0.29, 0.717) is 16.6 Å². The fourth-order valence-corrected chi connectivity index (χ4v) is 5.45. The van der Waals surface area contributed by atoms with Crippen LogP contribution in [0.1, 0.15) is 15.2 Å². The summed E-state index contributed by atoms with van der Waals surface area (Å²) in [7, 11) is 0. The van der Waals surface area contributed by atoms with Crippen LogP contribution in [-0.2, 0) is 6.54 Å². The van der Waals surface area contributed by atoms with Gasteiger partial charge < -0.3 is 0 Å². The first-order valence-electron chi connectivity index (χ1n) is 8.05. The van der Waals surface area contributed by atoms with Gasteiger partial charge in [0.15, 0.2) is 5.13 Å². The van der Waals surface area contributed by atoms with Gasteiger partial charge in [-0.05, 0) is 64.1 Å². The molecule has 0 spiro atoms. The minimum absolute atomic E-state index is 0.0568. The number of benzene rings is 1. The normalized spacial score (nSPS) is 11.0. The SMILES string of the molecule is CSc1ccc2nc(N(Cc3cccnc3)C(=O)c3ccc(Br)s3)sc2c1. The predicted octanol–water partition coefficient (Wildman–Crippen LogP) is 6.08. The Bertz CT molecular complexity index is 1090. The third-order valence-electron chi connectivity index (χ3n) is 3.91. The van der Waals surface area contributed by atoms with Gasteiger partial charge >= 0.3 is 0 Å². The summed E-state index contributed by atoms with van der Waals surface area (Å²) in [6.07, 6.45) is 5.56. The number of carbonyl (C=O) groups excluding carboxylic acids is 1. The van der Waals surface area contributed by atoms with E-state index in [9.17, 15) is 4.79 Å². The fourth-order valence-electron chi connectivity index (χ4n) is 2.60. The zero-order chi connectivity index (χ0) is 18.8. The molecule has 0 aliphatic rings. The molecule has 0 aliphatic heterocycles. The highest BCUT2D eigenvalue weighted by Gasteiger charge is 2.23. The number of thiazole rings is 1. The number of pyridine rings is 1. The van der Waals surface area contributed by atoms with Crippen molar-refractivity contribution < 1.29 is 4.79 Å². The summed E-state index contributed by atoms with van der Waals surface area (Å²) in [6, 6.07) is 13.8. The maximum absolute atomic E-state index is 13.2. The summed E-state index contributed by atoms with van der Waals surface area (Å²) in [6.45, 7) is 0.428. The molecule has 0 radical (unpaired) electrons. The topological polar surface area (TPSA) is 46.1 Å². The van der Waals surface area contributed by atoms with Crippen LogP contribution in [0.25, 0.3) is 10.2 Å². The van der Waals surface area contributed by atoms with Crippen LogP contribution >= 0.6 is 50.4 Å². The average Bonchev–Trinajstić information content (AvgIpc) is 3.31. The maximum Gasteiger partial charge on any atom is 0.270 e. The van der Waals surface area contributed by atoms with Gasteiger partial charge in [-0.25, -0.2) is 4.98 Å². The van der Waals surface area contributed by atoms with E-state index in [0.717, 1.165) is 19.6 Å². The van der Waals surface area contributed by atoms with E-state index in [1.165, 1.54) is 27.6 Å². The molecule has 0 unspecified atom stereocenters. The number of amides is 1. The van der Waals surface area contributed by atoms with Gasteiger partial charge in [0.25, 0.3) is 5.91 Å². The number of hydrogen-bond donors (Lipinski definition) is 0. The summed E-state index contributed by atoms with van der Waals surface area (Å²) in [5.41, 5.74) is 1.87. The lowest BCUT2D eigenvalue weighted by Gasteiger charge is -2.19. The van der Waals surface area contributed by atoms with Crippen molar-refractivity contribution in [2.24, 2.45) is 0 Å². The number of fused-ring (bicyclic) bond motifs is 1. The Morgan fingerprint density at radius 2 is 2.11 bits per heavy atom. The number of thiophene rings is 1. The van der Waals surface area contributed by atoms with Gasteiger partial charge in [-0.1, -0.05) is 17.4 Å². The van der Waals surface area contributed by atoms with Gasteiger partial charge in [-0.2, -0.15) is 0 Å². The van der Waals surface area contributed by atoms with E-state index >= 15 is 0 Å². The molecule has 0 fully saturated rings. The highest BCUT2D eigenvalue weighted by Crippen LogP contribution is 2.34. The van der Waals surface area contributed by atoms with Gasteiger partial charge in [0.2, 0.25) is 0 Å². The van der Waals surface area contributed by atoms with Crippen molar-refractivity contribution in [1.82, 2.24) is 9.97 Å². The Morgan fingerprint density at radius 3 is 2.81 bits per heavy atom. The quantitative estimate of drug-likeness (QED) is 0.328. The predicted molar refractivity (Wildman–Crippen MR) is 118 cm³/mol. The molecule has 0 saturated heterocycles. The van der Waals surface area contributed by atoms with Crippen LogP contribution < -0.4 is 4.90 Å². The average molecular weight is 476 g/mol. The lowest BCUT2D eigenvalue weighted by Crippen LogP contribution is -2.29. The molecule has 0 aliphatic carbocycles. The van der Waals surface area contributed by atoms with Gasteiger partial charge in [0.1, 0.15) is 0 Å². The lowest BCUT2D eigenvalue weighted by molar-refractivity contribution is 0.0989. The van der Waals surface area contributed by atoms with Crippen molar-refractivity contribution >= 4 is 71.6 Å². The Labute approximate surface area is 177 Å². The molecule has 3 heterocycles. The zero-order valence-electron chi connectivity index (χ0n) is 14.3. The molecule has 0 saturated carbocycles. The summed E-state index contributed by atoms with van der Waals surface area (Å²) in [4.78, 5) is 25.7. The van der Waals surface area contributed by atoms with Crippen molar-refractivity contribution in [3.05, 3.63) is 69.1 Å². The molecule has 136 valence electrons. The van der Waals surface area contributed by atoms with E-state index < -0.39 is 0 Å². The Kier molecular flexibility index (Phi) is 5.58. The first-order valence-corrected chi connectivity index (χ1v) is 11.7. The van der Waals surface area contributed by atoms with Crippen molar-refractivity contribution in [2.75, 3.05) is 11.2 Å². The second-order valence-corrected chi connectivity index (χ2v) is 10.0. The Hall–Kier alpha value is -1.74. The number of rotatable bonds is 5. The van der Waals surface area contributed by atoms with E-state index in [2.05, 4.69) is 39.3 Å². The van der Waals surface area contributed by atoms with Crippen LogP contribution in [0, 0.1) is 0 Å². The van der Waals surface area contributed by atoms with E-state index in [4.69, 9.17) is 4.98 Å². The first kappa shape index (κ1) is 18.6. The van der Waals surface area contributed by atoms with Crippen molar-refractivity contribution in [3.8, 4) is 0 Å². The van der Waals surface area contributed by atoms with Crippen LogP contribution in [0.3, 0.4) is 0 Å². The van der Waals surface area contributed by atoms with Crippen LogP contribution in [0.15, 0.2) is 63.5 Å². The number of nitrogens with zero attached hydrogens (tertiary/aromatic N) is 3. The van der Waals surface area contributed by atoms with E-state index in [-0.39, 0.29) is 5.91 Å². The van der Waals surface area contributed by atoms with Gasteiger partial charge in [0.05, 0.1) is 25.4 Å². The molecule has 4 rings (SSSR count). The lowest BCUT2D eigenvalue weighted by atomic mass is 10.2. The largest absolute Gasteiger partial charge is 0.279 e. The molecule has 27 heavy (non-hydrogen) atoms. The molecule has 1 aromatic carbocycles. The third kappa shape index (κ3) is 4.08. The molecule has 8 heteroatoms. The first-order chi connectivity index (χ1) is 13.1. The molecule has 4 nitrogen and oxygen atoms in total. The van der Waals surface area contributed by atoms with Crippen molar-refractivity contribution in [3.63, 3.8) is 0 Å². The summed E-state index contributed by atoms with van der Waals surface area (Å²) >= 11 is 8.10. The van der Waals surface area contributed by atoms with E-state index in [1.807, 2.05) is 30.3 Å². The van der Waals surface area contributed by atoms with Gasteiger partial charge in [0, 0.05) is 17.3 Å². The molecule has 4 aromatic rings. The number of halogens is 1. The zero-order valence-corrected chi connectivity index (χ0v) is 18.3.